The average molecular weight is 268 g/mol. The molecule has 0 amide bonds. The van der Waals surface area contributed by atoms with E-state index in [1.165, 1.54) is 6.42 Å². The molecule has 80 valence electrons. The van der Waals surface area contributed by atoms with Gasteiger partial charge in [-0.1, -0.05) is 28.1 Å². The molecule has 1 aromatic rings. The van der Waals surface area contributed by atoms with Gasteiger partial charge in [0.2, 0.25) is 0 Å². The number of carbonyl (C=O) groups excluding carboxylic acids is 1. The number of ketones is 1. The fourth-order valence-electron chi connectivity index (χ4n) is 1.93. The predicted molar refractivity (Wildman–Crippen MR) is 64.1 cm³/mol. The minimum absolute atomic E-state index is 0.232. The van der Waals surface area contributed by atoms with Crippen molar-refractivity contribution >= 4 is 21.7 Å². The quantitative estimate of drug-likeness (QED) is 0.854. The van der Waals surface area contributed by atoms with Crippen molar-refractivity contribution in [3.8, 4) is 0 Å². The zero-order valence-electron chi connectivity index (χ0n) is 8.50. The largest absolute Gasteiger partial charge is 0.314 e. The summed E-state index contributed by atoms with van der Waals surface area (Å²) in [5.74, 6) is 0.232. The van der Waals surface area contributed by atoms with Gasteiger partial charge in [0.05, 0.1) is 0 Å². The van der Waals surface area contributed by atoms with E-state index in [2.05, 4.69) is 21.2 Å². The Hall–Kier alpha value is -0.670. The van der Waals surface area contributed by atoms with Crippen LogP contribution in [0.3, 0.4) is 0 Å². The van der Waals surface area contributed by atoms with Crippen LogP contribution in [0.4, 0.5) is 0 Å². The zero-order valence-corrected chi connectivity index (χ0v) is 10.1. The Labute approximate surface area is 98.2 Å². The molecular weight excluding hydrogens is 254 g/mol. The minimum Gasteiger partial charge on any atom is -0.314 e. The van der Waals surface area contributed by atoms with Gasteiger partial charge in [0.1, 0.15) is 0 Å². The minimum atomic E-state index is 0.232. The summed E-state index contributed by atoms with van der Waals surface area (Å²) in [6, 6.07) is 7.99. The molecule has 0 bridgehead atoms. The predicted octanol–water partition coefficient (Wildman–Crippen LogP) is 2.77. The zero-order chi connectivity index (χ0) is 10.7. The van der Waals surface area contributed by atoms with Gasteiger partial charge >= 0.3 is 0 Å². The number of hydrogen-bond acceptors (Lipinski definition) is 2. The highest BCUT2D eigenvalue weighted by atomic mass is 79.9. The third kappa shape index (κ3) is 2.89. The van der Waals surface area contributed by atoms with Crippen LogP contribution in [0.1, 0.15) is 29.6 Å². The molecular formula is C12H14BrNO. The van der Waals surface area contributed by atoms with Crippen molar-refractivity contribution in [1.29, 1.82) is 0 Å². The molecule has 0 aromatic heterocycles. The van der Waals surface area contributed by atoms with Crippen molar-refractivity contribution in [3.63, 3.8) is 0 Å². The molecule has 1 aliphatic rings. The van der Waals surface area contributed by atoms with Crippen molar-refractivity contribution in [2.75, 3.05) is 6.54 Å². The summed E-state index contributed by atoms with van der Waals surface area (Å²) in [6.07, 6.45) is 2.94. The lowest BCUT2D eigenvalue weighted by Crippen LogP contribution is -2.24. The average Bonchev–Trinajstić information content (AvgIpc) is 2.70. The van der Waals surface area contributed by atoms with Crippen LogP contribution in [0, 0.1) is 0 Å². The van der Waals surface area contributed by atoms with E-state index >= 15 is 0 Å². The Morgan fingerprint density at radius 3 is 3.07 bits per heavy atom. The van der Waals surface area contributed by atoms with E-state index in [0.717, 1.165) is 23.0 Å². The fraction of sp³-hybridized carbons (Fsp3) is 0.417. The Morgan fingerprint density at radius 2 is 2.40 bits per heavy atom. The van der Waals surface area contributed by atoms with Crippen LogP contribution in [0.15, 0.2) is 28.7 Å². The number of Topliss-reactive ketones (excluding diaryl/α,β-unsaturated/α-hetero) is 1. The topological polar surface area (TPSA) is 29.1 Å². The summed E-state index contributed by atoms with van der Waals surface area (Å²) in [5.41, 5.74) is 0.804. The highest BCUT2D eigenvalue weighted by Gasteiger charge is 2.18. The van der Waals surface area contributed by atoms with Gasteiger partial charge in [0.25, 0.3) is 0 Å². The first kappa shape index (κ1) is 10.8. The van der Waals surface area contributed by atoms with Crippen LogP contribution in [-0.4, -0.2) is 18.4 Å². The van der Waals surface area contributed by atoms with Crippen LogP contribution in [0.5, 0.6) is 0 Å². The van der Waals surface area contributed by atoms with Gasteiger partial charge in [-0.05, 0) is 31.5 Å². The van der Waals surface area contributed by atoms with Crippen LogP contribution in [0.25, 0.3) is 0 Å². The fourth-order valence-corrected chi connectivity index (χ4v) is 2.33. The number of rotatable bonds is 3. The molecule has 3 heteroatoms. The highest BCUT2D eigenvalue weighted by molar-refractivity contribution is 9.10. The normalized spacial score (nSPS) is 20.5. The van der Waals surface area contributed by atoms with Gasteiger partial charge in [-0.15, -0.1) is 0 Å². The summed E-state index contributed by atoms with van der Waals surface area (Å²) >= 11 is 3.38. The molecule has 0 radical (unpaired) electrons. The maximum absolute atomic E-state index is 11.9. The molecule has 0 aliphatic carbocycles. The van der Waals surface area contributed by atoms with Crippen molar-refractivity contribution in [1.82, 2.24) is 5.32 Å². The number of hydrogen-bond donors (Lipinski definition) is 1. The summed E-state index contributed by atoms with van der Waals surface area (Å²) in [7, 11) is 0. The molecule has 1 aromatic carbocycles. The second-order valence-corrected chi connectivity index (χ2v) is 4.85. The van der Waals surface area contributed by atoms with Crippen LogP contribution in [-0.2, 0) is 0 Å². The number of nitrogens with one attached hydrogen (secondary N) is 1. The van der Waals surface area contributed by atoms with E-state index in [9.17, 15) is 4.79 Å². The number of benzene rings is 1. The van der Waals surface area contributed by atoms with Gasteiger partial charge in [0.15, 0.2) is 5.78 Å². The first-order valence-corrected chi connectivity index (χ1v) is 6.07. The Balaban J connectivity index is 2.01. The second-order valence-electron chi connectivity index (χ2n) is 3.93. The summed E-state index contributed by atoms with van der Waals surface area (Å²) in [5, 5.41) is 3.34. The lowest BCUT2D eigenvalue weighted by atomic mass is 10.0. The SMILES string of the molecule is O=C(CC1CCCN1)c1cccc(Br)c1. The van der Waals surface area contributed by atoms with Gasteiger partial charge in [-0.3, -0.25) is 4.79 Å². The van der Waals surface area contributed by atoms with Crippen molar-refractivity contribution in [2.45, 2.75) is 25.3 Å². The molecule has 1 N–H and O–H groups in total. The summed E-state index contributed by atoms with van der Waals surface area (Å²) in [6.45, 7) is 1.05. The molecule has 0 spiro atoms. The van der Waals surface area contributed by atoms with Crippen LogP contribution >= 0.6 is 15.9 Å². The van der Waals surface area contributed by atoms with E-state index in [1.807, 2.05) is 24.3 Å². The number of carbonyl (C=O) groups is 1. The smallest absolute Gasteiger partial charge is 0.164 e. The number of halogens is 1. The molecule has 0 saturated carbocycles. The lowest BCUT2D eigenvalue weighted by molar-refractivity contribution is 0.0971. The van der Waals surface area contributed by atoms with Crippen LogP contribution < -0.4 is 5.32 Å². The van der Waals surface area contributed by atoms with Gasteiger partial charge in [-0.25, -0.2) is 0 Å². The van der Waals surface area contributed by atoms with E-state index in [0.29, 0.717) is 12.5 Å². The first-order chi connectivity index (χ1) is 7.25. The van der Waals surface area contributed by atoms with Crippen molar-refractivity contribution < 1.29 is 4.79 Å². The van der Waals surface area contributed by atoms with Gasteiger partial charge in [-0.2, -0.15) is 0 Å². The standard InChI is InChI=1S/C12H14BrNO/c13-10-4-1-3-9(7-10)12(15)8-11-5-2-6-14-11/h1,3-4,7,11,14H,2,5-6,8H2. The van der Waals surface area contributed by atoms with Crippen molar-refractivity contribution in [3.05, 3.63) is 34.3 Å². The van der Waals surface area contributed by atoms with Crippen molar-refractivity contribution in [2.24, 2.45) is 0 Å². The monoisotopic (exact) mass is 267 g/mol. The Bertz CT molecular complexity index is 358. The maximum Gasteiger partial charge on any atom is 0.164 e. The van der Waals surface area contributed by atoms with Gasteiger partial charge < -0.3 is 5.32 Å². The van der Waals surface area contributed by atoms with E-state index < -0.39 is 0 Å². The molecule has 1 fully saturated rings. The third-order valence-corrected chi connectivity index (χ3v) is 3.23. The molecule has 1 aliphatic heterocycles. The third-order valence-electron chi connectivity index (χ3n) is 2.74. The highest BCUT2D eigenvalue weighted by Crippen LogP contribution is 2.16. The van der Waals surface area contributed by atoms with E-state index in [-0.39, 0.29) is 5.78 Å². The van der Waals surface area contributed by atoms with Gasteiger partial charge in [0, 0.05) is 22.5 Å². The first-order valence-electron chi connectivity index (χ1n) is 5.28. The Morgan fingerprint density at radius 1 is 1.53 bits per heavy atom. The lowest BCUT2D eigenvalue weighted by Gasteiger charge is -2.08. The summed E-state index contributed by atoms with van der Waals surface area (Å²) < 4.78 is 0.965. The molecule has 15 heavy (non-hydrogen) atoms. The second kappa shape index (κ2) is 4.90. The van der Waals surface area contributed by atoms with Crippen LogP contribution in [0.2, 0.25) is 0 Å². The Kier molecular flexibility index (Phi) is 3.54. The molecule has 1 atom stereocenters. The molecule has 2 rings (SSSR count). The summed E-state index contributed by atoms with van der Waals surface area (Å²) in [4.78, 5) is 11.9. The molecule has 2 nitrogen and oxygen atoms in total. The molecule has 1 heterocycles. The maximum atomic E-state index is 11.9. The van der Waals surface area contributed by atoms with E-state index in [1.54, 1.807) is 0 Å². The molecule has 1 saturated heterocycles. The molecule has 1 unspecified atom stereocenters. The van der Waals surface area contributed by atoms with E-state index in [4.69, 9.17) is 0 Å².